The number of aryl methyl sites for hydroxylation is 1. The molecule has 0 spiro atoms. The maximum absolute atomic E-state index is 10.4. The van der Waals surface area contributed by atoms with E-state index in [9.17, 15) is 15.8 Å². The third kappa shape index (κ3) is 2.38. The fourth-order valence-electron chi connectivity index (χ4n) is 5.44. The van der Waals surface area contributed by atoms with Gasteiger partial charge in [0.1, 0.15) is 6.10 Å². The molecule has 4 rings (SSSR count). The molecule has 2 saturated heterocycles. The molecule has 0 aromatic heterocycles. The van der Waals surface area contributed by atoms with E-state index in [2.05, 4.69) is 25.1 Å². The summed E-state index contributed by atoms with van der Waals surface area (Å²) >= 11 is 0. The van der Waals surface area contributed by atoms with Crippen molar-refractivity contribution in [1.29, 1.82) is 21.2 Å². The van der Waals surface area contributed by atoms with Gasteiger partial charge in [0.05, 0.1) is 24.1 Å². The van der Waals surface area contributed by atoms with E-state index < -0.39 is 28.6 Å². The SMILES string of the molecule is CCc1ccc(C2OC34CCCCCCC3C(C#N)(C(=N)O4)C2(C#N)C#N)cc1. The lowest BCUT2D eigenvalue weighted by Crippen LogP contribution is -2.59. The summed E-state index contributed by atoms with van der Waals surface area (Å²) in [5.74, 6) is -1.92. The van der Waals surface area contributed by atoms with Crippen molar-refractivity contribution in [2.45, 2.75) is 63.8 Å². The Bertz CT molecular complexity index is 937. The predicted molar refractivity (Wildman–Crippen MR) is 104 cm³/mol. The van der Waals surface area contributed by atoms with E-state index in [1.54, 1.807) is 0 Å². The number of nitrogens with one attached hydrogen (secondary N) is 1. The molecule has 4 atom stereocenters. The van der Waals surface area contributed by atoms with Crippen LogP contribution in [0, 0.1) is 56.2 Å². The van der Waals surface area contributed by atoms with Crippen LogP contribution in [0.1, 0.15) is 62.7 Å². The largest absolute Gasteiger partial charge is 0.447 e. The van der Waals surface area contributed by atoms with Crippen molar-refractivity contribution in [3.8, 4) is 18.2 Å². The molecule has 0 radical (unpaired) electrons. The Morgan fingerprint density at radius 3 is 2.34 bits per heavy atom. The van der Waals surface area contributed by atoms with Crippen LogP contribution in [0.2, 0.25) is 0 Å². The van der Waals surface area contributed by atoms with E-state index in [1.165, 1.54) is 0 Å². The third-order valence-electron chi connectivity index (χ3n) is 7.01. The average molecular weight is 388 g/mol. The first-order valence-electron chi connectivity index (χ1n) is 10.3. The number of hydrogen-bond donors (Lipinski definition) is 1. The fraction of sp³-hybridized carbons (Fsp3) is 0.565. The summed E-state index contributed by atoms with van der Waals surface area (Å²) in [7, 11) is 0. The molecule has 2 aliphatic heterocycles. The molecular weight excluding hydrogens is 364 g/mol. The Morgan fingerprint density at radius 2 is 1.72 bits per heavy atom. The first-order valence-corrected chi connectivity index (χ1v) is 10.3. The molecule has 4 unspecified atom stereocenters. The van der Waals surface area contributed by atoms with Gasteiger partial charge in [-0.25, -0.2) is 0 Å². The molecular formula is C23H24N4O2. The summed E-state index contributed by atoms with van der Waals surface area (Å²) < 4.78 is 12.5. The third-order valence-corrected chi connectivity index (χ3v) is 7.01. The summed E-state index contributed by atoms with van der Waals surface area (Å²) in [6.07, 6.45) is 4.85. The van der Waals surface area contributed by atoms with Crippen molar-refractivity contribution in [2.75, 3.05) is 0 Å². The van der Waals surface area contributed by atoms with Gasteiger partial charge in [-0.05, 0) is 30.4 Å². The second kappa shape index (κ2) is 6.87. The Balaban J connectivity index is 1.94. The lowest BCUT2D eigenvalue weighted by molar-refractivity contribution is -0.289. The zero-order valence-electron chi connectivity index (χ0n) is 16.6. The predicted octanol–water partition coefficient (Wildman–Crippen LogP) is 4.54. The molecule has 1 aromatic rings. The standard InChI is InChI=1S/C23H24N4O2/c1-2-16-8-10-17(11-9-16)19-21(13-24,14-25)22(15-26)18-7-5-3-4-6-12-23(18,28-19)29-20(22)27/h8-11,18-19,27H,2-7,12H2,1H3. The fourth-order valence-corrected chi connectivity index (χ4v) is 5.44. The van der Waals surface area contributed by atoms with Gasteiger partial charge in [-0.3, -0.25) is 5.41 Å². The molecule has 148 valence electrons. The van der Waals surface area contributed by atoms with Gasteiger partial charge in [-0.1, -0.05) is 50.5 Å². The number of ether oxygens (including phenoxy) is 2. The van der Waals surface area contributed by atoms with Crippen LogP contribution in [0.15, 0.2) is 24.3 Å². The van der Waals surface area contributed by atoms with Crippen LogP contribution >= 0.6 is 0 Å². The molecule has 1 N–H and O–H groups in total. The molecule has 0 amide bonds. The van der Waals surface area contributed by atoms with E-state index in [1.807, 2.05) is 24.3 Å². The van der Waals surface area contributed by atoms with E-state index in [4.69, 9.17) is 14.9 Å². The van der Waals surface area contributed by atoms with E-state index in [0.29, 0.717) is 18.4 Å². The van der Waals surface area contributed by atoms with Crippen LogP contribution in [0.4, 0.5) is 0 Å². The smallest absolute Gasteiger partial charge is 0.217 e. The van der Waals surface area contributed by atoms with Crippen LogP contribution in [0.5, 0.6) is 0 Å². The molecule has 3 fully saturated rings. The topological polar surface area (TPSA) is 114 Å². The number of nitriles is 3. The minimum absolute atomic E-state index is 0.289. The number of rotatable bonds is 2. The lowest BCUT2D eigenvalue weighted by atomic mass is 9.52. The molecule has 6 nitrogen and oxygen atoms in total. The van der Waals surface area contributed by atoms with Gasteiger partial charge in [0.25, 0.3) is 0 Å². The molecule has 3 aliphatic rings. The van der Waals surface area contributed by atoms with Crippen LogP contribution < -0.4 is 0 Å². The van der Waals surface area contributed by atoms with E-state index in [-0.39, 0.29) is 5.90 Å². The van der Waals surface area contributed by atoms with Crippen LogP contribution in [-0.2, 0) is 15.9 Å². The maximum Gasteiger partial charge on any atom is 0.217 e. The summed E-state index contributed by atoms with van der Waals surface area (Å²) in [5.41, 5.74) is -1.69. The van der Waals surface area contributed by atoms with Gasteiger partial charge in [0.15, 0.2) is 5.41 Å². The monoisotopic (exact) mass is 388 g/mol. The second-order valence-corrected chi connectivity index (χ2v) is 8.29. The first-order chi connectivity index (χ1) is 14.0. The minimum Gasteiger partial charge on any atom is -0.447 e. The summed E-state index contributed by atoms with van der Waals surface area (Å²) in [4.78, 5) is 0. The van der Waals surface area contributed by atoms with Crippen LogP contribution in [-0.4, -0.2) is 11.7 Å². The van der Waals surface area contributed by atoms with Crippen molar-refractivity contribution in [3.63, 3.8) is 0 Å². The molecule has 1 saturated carbocycles. The van der Waals surface area contributed by atoms with Crippen molar-refractivity contribution in [2.24, 2.45) is 16.7 Å². The van der Waals surface area contributed by atoms with Gasteiger partial charge < -0.3 is 9.47 Å². The Hall–Kier alpha value is -2.88. The molecule has 2 bridgehead atoms. The molecule has 2 heterocycles. The normalized spacial score (nSPS) is 35.0. The average Bonchev–Trinajstić information content (AvgIpc) is 2.91. The maximum atomic E-state index is 10.4. The second-order valence-electron chi connectivity index (χ2n) is 8.29. The zero-order valence-corrected chi connectivity index (χ0v) is 16.6. The number of hydrogen-bond acceptors (Lipinski definition) is 6. The first kappa shape index (κ1) is 19.4. The Morgan fingerprint density at radius 1 is 1.03 bits per heavy atom. The van der Waals surface area contributed by atoms with Gasteiger partial charge in [0.2, 0.25) is 17.1 Å². The Labute approximate surface area is 171 Å². The highest BCUT2D eigenvalue weighted by molar-refractivity contribution is 5.89. The molecule has 6 heteroatoms. The summed E-state index contributed by atoms with van der Waals surface area (Å²) in [5, 5.41) is 39.5. The molecule has 1 aliphatic carbocycles. The van der Waals surface area contributed by atoms with Crippen LogP contribution in [0.3, 0.4) is 0 Å². The number of benzene rings is 1. The molecule has 1 aromatic carbocycles. The Kier molecular flexibility index (Phi) is 4.60. The highest BCUT2D eigenvalue weighted by atomic mass is 16.7. The van der Waals surface area contributed by atoms with Gasteiger partial charge in [-0.2, -0.15) is 15.8 Å². The van der Waals surface area contributed by atoms with Crippen molar-refractivity contribution in [1.82, 2.24) is 0 Å². The summed E-state index contributed by atoms with van der Waals surface area (Å²) in [6, 6.07) is 14.1. The van der Waals surface area contributed by atoms with Crippen molar-refractivity contribution >= 4 is 5.90 Å². The highest BCUT2D eigenvalue weighted by Crippen LogP contribution is 2.68. The van der Waals surface area contributed by atoms with E-state index in [0.717, 1.165) is 37.7 Å². The van der Waals surface area contributed by atoms with E-state index >= 15 is 0 Å². The van der Waals surface area contributed by atoms with Crippen molar-refractivity contribution in [3.05, 3.63) is 35.4 Å². The number of nitrogens with zero attached hydrogens (tertiary/aromatic N) is 3. The highest BCUT2D eigenvalue weighted by Gasteiger charge is 2.79. The zero-order chi connectivity index (χ0) is 20.7. The van der Waals surface area contributed by atoms with Gasteiger partial charge in [-0.15, -0.1) is 0 Å². The van der Waals surface area contributed by atoms with Gasteiger partial charge >= 0.3 is 0 Å². The quantitative estimate of drug-likeness (QED) is 0.799. The minimum atomic E-state index is -1.85. The van der Waals surface area contributed by atoms with Crippen molar-refractivity contribution < 1.29 is 9.47 Å². The van der Waals surface area contributed by atoms with Crippen LogP contribution in [0.25, 0.3) is 0 Å². The van der Waals surface area contributed by atoms with Gasteiger partial charge in [0, 0.05) is 6.42 Å². The lowest BCUT2D eigenvalue weighted by Gasteiger charge is -2.50. The molecule has 29 heavy (non-hydrogen) atoms. The summed E-state index contributed by atoms with van der Waals surface area (Å²) in [6.45, 7) is 2.05.